The molecule has 2 aromatic heterocycles. The number of nitrogens with one attached hydrogen (secondary N) is 1. The fourth-order valence-electron chi connectivity index (χ4n) is 3.10. The van der Waals surface area contributed by atoms with Crippen LogP contribution in [0.15, 0.2) is 18.5 Å². The number of fused-ring (bicyclic) bond motifs is 1. The minimum Gasteiger partial charge on any atom is -0.336 e. The number of hydrogen-bond acceptors (Lipinski definition) is 3. The molecule has 3 nitrogen and oxygen atoms in total. The summed E-state index contributed by atoms with van der Waals surface area (Å²) in [6, 6.07) is 2.68. The van der Waals surface area contributed by atoms with Crippen LogP contribution in [0, 0.1) is 0 Å². The van der Waals surface area contributed by atoms with Crippen LogP contribution in [0.1, 0.15) is 59.8 Å². The lowest BCUT2D eigenvalue weighted by molar-refractivity contribution is 0.562. The van der Waals surface area contributed by atoms with Gasteiger partial charge in [-0.2, -0.15) is 0 Å². The molecule has 1 aliphatic carbocycles. The highest BCUT2D eigenvalue weighted by atomic mass is 32.1. The molecule has 0 aliphatic heterocycles. The third-order valence-electron chi connectivity index (χ3n) is 4.27. The Morgan fingerprint density at radius 1 is 1.33 bits per heavy atom. The second kappa shape index (κ2) is 6.75. The molecule has 114 valence electrons. The van der Waals surface area contributed by atoms with E-state index in [0.717, 1.165) is 18.8 Å². The second-order valence-corrected chi connectivity index (χ2v) is 7.11. The first-order valence-electron chi connectivity index (χ1n) is 8.11. The normalized spacial score (nSPS) is 16.5. The lowest BCUT2D eigenvalue weighted by Crippen LogP contribution is -2.25. The van der Waals surface area contributed by atoms with Crippen LogP contribution in [0.4, 0.5) is 0 Å². The van der Waals surface area contributed by atoms with Gasteiger partial charge in [-0.3, -0.25) is 0 Å². The Labute approximate surface area is 131 Å². The van der Waals surface area contributed by atoms with Crippen molar-refractivity contribution in [2.45, 2.75) is 51.5 Å². The topological polar surface area (TPSA) is 29.9 Å². The maximum Gasteiger partial charge on any atom is 0.131 e. The Hall–Kier alpha value is -1.13. The van der Waals surface area contributed by atoms with Gasteiger partial charge in [0.1, 0.15) is 11.9 Å². The molecule has 21 heavy (non-hydrogen) atoms. The molecule has 2 aromatic rings. The van der Waals surface area contributed by atoms with E-state index >= 15 is 0 Å². The molecule has 1 N–H and O–H groups in total. The van der Waals surface area contributed by atoms with Crippen molar-refractivity contribution in [3.8, 4) is 0 Å². The Kier molecular flexibility index (Phi) is 4.76. The first kappa shape index (κ1) is 14.8. The summed E-state index contributed by atoms with van der Waals surface area (Å²) in [5.41, 5.74) is 1.59. The van der Waals surface area contributed by atoms with Crippen molar-refractivity contribution in [1.29, 1.82) is 0 Å². The molecule has 1 atom stereocenters. The van der Waals surface area contributed by atoms with Crippen LogP contribution in [0.3, 0.4) is 0 Å². The van der Waals surface area contributed by atoms with Gasteiger partial charge in [-0.25, -0.2) is 4.98 Å². The number of nitrogens with zero attached hydrogens (tertiary/aromatic N) is 2. The van der Waals surface area contributed by atoms with E-state index in [1.165, 1.54) is 37.0 Å². The molecule has 2 heterocycles. The van der Waals surface area contributed by atoms with Crippen molar-refractivity contribution >= 4 is 11.3 Å². The maximum atomic E-state index is 4.58. The summed E-state index contributed by atoms with van der Waals surface area (Å²) in [4.78, 5) is 7.62. The molecule has 0 saturated carbocycles. The van der Waals surface area contributed by atoms with Gasteiger partial charge in [-0.05, 0) is 50.3 Å². The zero-order valence-electron chi connectivity index (χ0n) is 13.1. The molecular weight excluding hydrogens is 278 g/mol. The van der Waals surface area contributed by atoms with Crippen LogP contribution in [-0.2, 0) is 19.9 Å². The van der Waals surface area contributed by atoms with Crippen LogP contribution >= 0.6 is 11.3 Å². The standard InChI is InChI=1S/C17H25N3S/c1-3-9-18-16(17-19-10-11-20(17)2)15-12-13-7-5-4-6-8-14(13)21-15/h10-12,16,18H,3-9H2,1-2H3. The molecule has 4 heteroatoms. The third-order valence-corrected chi connectivity index (χ3v) is 5.57. The average molecular weight is 303 g/mol. The maximum absolute atomic E-state index is 4.58. The van der Waals surface area contributed by atoms with Gasteiger partial charge in [0.15, 0.2) is 0 Å². The van der Waals surface area contributed by atoms with E-state index in [9.17, 15) is 0 Å². The van der Waals surface area contributed by atoms with Gasteiger partial charge in [0.05, 0.1) is 0 Å². The monoisotopic (exact) mass is 303 g/mol. The number of thiophene rings is 1. The fraction of sp³-hybridized carbons (Fsp3) is 0.588. The highest BCUT2D eigenvalue weighted by molar-refractivity contribution is 7.12. The van der Waals surface area contributed by atoms with Crippen molar-refractivity contribution < 1.29 is 0 Å². The number of aryl methyl sites for hydroxylation is 3. The molecule has 0 bridgehead atoms. The summed E-state index contributed by atoms with van der Waals surface area (Å²) >= 11 is 2.00. The molecule has 0 radical (unpaired) electrons. The van der Waals surface area contributed by atoms with E-state index in [0.29, 0.717) is 0 Å². The van der Waals surface area contributed by atoms with Gasteiger partial charge < -0.3 is 9.88 Å². The molecule has 0 spiro atoms. The molecule has 0 saturated heterocycles. The van der Waals surface area contributed by atoms with Crippen LogP contribution in [-0.4, -0.2) is 16.1 Å². The van der Waals surface area contributed by atoms with E-state index in [2.05, 4.69) is 34.9 Å². The van der Waals surface area contributed by atoms with Crippen molar-refractivity contribution in [2.24, 2.45) is 7.05 Å². The third kappa shape index (κ3) is 3.22. The predicted octanol–water partition coefficient (Wildman–Crippen LogP) is 3.84. The Morgan fingerprint density at radius 2 is 2.19 bits per heavy atom. The minimum atomic E-state index is 0.238. The zero-order chi connectivity index (χ0) is 14.7. The Morgan fingerprint density at radius 3 is 2.95 bits per heavy atom. The highest BCUT2D eigenvalue weighted by Crippen LogP contribution is 2.34. The lowest BCUT2D eigenvalue weighted by Gasteiger charge is -2.17. The first-order valence-corrected chi connectivity index (χ1v) is 8.93. The summed E-state index contributed by atoms with van der Waals surface area (Å²) in [6.07, 6.45) is 11.7. The molecule has 0 amide bonds. The zero-order valence-corrected chi connectivity index (χ0v) is 13.9. The van der Waals surface area contributed by atoms with Gasteiger partial charge in [0.25, 0.3) is 0 Å². The van der Waals surface area contributed by atoms with Crippen molar-refractivity contribution in [1.82, 2.24) is 14.9 Å². The fourth-order valence-corrected chi connectivity index (χ4v) is 4.43. The van der Waals surface area contributed by atoms with Gasteiger partial charge in [0, 0.05) is 29.2 Å². The molecule has 0 fully saturated rings. The number of imidazole rings is 1. The Bertz CT molecular complexity index is 561. The largest absolute Gasteiger partial charge is 0.336 e. The second-order valence-electron chi connectivity index (χ2n) is 5.94. The van der Waals surface area contributed by atoms with E-state index in [-0.39, 0.29) is 6.04 Å². The van der Waals surface area contributed by atoms with Crippen LogP contribution in [0.25, 0.3) is 0 Å². The number of hydrogen-bond donors (Lipinski definition) is 1. The highest BCUT2D eigenvalue weighted by Gasteiger charge is 2.22. The lowest BCUT2D eigenvalue weighted by atomic mass is 10.1. The first-order chi connectivity index (χ1) is 10.3. The quantitative estimate of drug-likeness (QED) is 0.851. The van der Waals surface area contributed by atoms with E-state index in [4.69, 9.17) is 0 Å². The minimum absolute atomic E-state index is 0.238. The van der Waals surface area contributed by atoms with Crippen molar-refractivity contribution in [2.75, 3.05) is 6.54 Å². The molecule has 1 unspecified atom stereocenters. The summed E-state index contributed by atoms with van der Waals surface area (Å²) in [6.45, 7) is 3.24. The Balaban J connectivity index is 1.91. The molecule has 3 rings (SSSR count). The summed E-state index contributed by atoms with van der Waals surface area (Å²) < 4.78 is 2.14. The van der Waals surface area contributed by atoms with Gasteiger partial charge in [-0.1, -0.05) is 13.3 Å². The van der Waals surface area contributed by atoms with Crippen LogP contribution < -0.4 is 5.32 Å². The van der Waals surface area contributed by atoms with Gasteiger partial charge in [0.2, 0.25) is 0 Å². The summed E-state index contributed by atoms with van der Waals surface area (Å²) in [5.74, 6) is 1.12. The van der Waals surface area contributed by atoms with Crippen molar-refractivity contribution in [3.05, 3.63) is 39.6 Å². The van der Waals surface area contributed by atoms with Gasteiger partial charge in [-0.15, -0.1) is 11.3 Å². The molecule has 0 aromatic carbocycles. The van der Waals surface area contributed by atoms with E-state index in [1.807, 2.05) is 23.7 Å². The average Bonchev–Trinajstić information content (AvgIpc) is 3.01. The van der Waals surface area contributed by atoms with Crippen LogP contribution in [0.5, 0.6) is 0 Å². The smallest absolute Gasteiger partial charge is 0.131 e. The summed E-state index contributed by atoms with van der Waals surface area (Å²) in [5, 5.41) is 3.68. The summed E-state index contributed by atoms with van der Waals surface area (Å²) in [7, 11) is 2.08. The predicted molar refractivity (Wildman–Crippen MR) is 88.9 cm³/mol. The number of aromatic nitrogens is 2. The van der Waals surface area contributed by atoms with E-state index < -0.39 is 0 Å². The van der Waals surface area contributed by atoms with Crippen molar-refractivity contribution in [3.63, 3.8) is 0 Å². The van der Waals surface area contributed by atoms with Gasteiger partial charge >= 0.3 is 0 Å². The molecular formula is C17H25N3S. The molecule has 1 aliphatic rings. The van der Waals surface area contributed by atoms with Crippen LogP contribution in [0.2, 0.25) is 0 Å². The SMILES string of the molecule is CCCNC(c1cc2c(s1)CCCCC2)c1nccn1C. The number of rotatable bonds is 5. The van der Waals surface area contributed by atoms with E-state index in [1.54, 1.807) is 10.4 Å².